The van der Waals surface area contributed by atoms with E-state index in [0.717, 1.165) is 11.1 Å². The number of rotatable bonds is 5. The zero-order valence-electron chi connectivity index (χ0n) is 14.2. The fraction of sp³-hybridized carbons (Fsp3) is 0.0909. The molecule has 0 saturated carbocycles. The molecule has 0 amide bonds. The molecule has 0 aromatic heterocycles. The van der Waals surface area contributed by atoms with Crippen molar-refractivity contribution < 1.29 is 9.47 Å². The van der Waals surface area contributed by atoms with Crippen LogP contribution in [0, 0.1) is 29.6 Å². The Hall–Kier alpha value is -3.76. The van der Waals surface area contributed by atoms with Crippen molar-refractivity contribution in [1.29, 1.82) is 10.5 Å². The Bertz CT molecular complexity index is 923. The highest BCUT2D eigenvalue weighted by atomic mass is 16.7. The summed E-state index contributed by atoms with van der Waals surface area (Å²) in [5.74, 6) is 1.07. The summed E-state index contributed by atoms with van der Waals surface area (Å²) in [6, 6.07) is 25.8. The first-order valence-electron chi connectivity index (χ1n) is 8.08. The van der Waals surface area contributed by atoms with Gasteiger partial charge in [0, 0.05) is 5.56 Å². The molecule has 0 radical (unpaired) electrons. The smallest absolute Gasteiger partial charge is 0.267 e. The topological polar surface area (TPSA) is 66.0 Å². The molecule has 3 aromatic rings. The first-order chi connectivity index (χ1) is 12.7. The van der Waals surface area contributed by atoms with Crippen molar-refractivity contribution in [2.24, 2.45) is 0 Å². The van der Waals surface area contributed by atoms with Crippen LogP contribution >= 0.6 is 0 Å². The van der Waals surface area contributed by atoms with E-state index in [0.29, 0.717) is 22.6 Å². The van der Waals surface area contributed by atoms with Gasteiger partial charge in [-0.15, -0.1) is 0 Å². The van der Waals surface area contributed by atoms with Crippen molar-refractivity contribution in [3.63, 3.8) is 0 Å². The molecule has 3 rings (SSSR count). The van der Waals surface area contributed by atoms with Crippen LogP contribution in [0.5, 0.6) is 11.5 Å². The van der Waals surface area contributed by atoms with Crippen molar-refractivity contribution in [3.8, 4) is 23.6 Å². The highest BCUT2D eigenvalue weighted by Crippen LogP contribution is 2.27. The summed E-state index contributed by atoms with van der Waals surface area (Å²) in [4.78, 5) is 0. The number of aryl methyl sites for hydroxylation is 1. The maximum atomic E-state index is 9.07. The van der Waals surface area contributed by atoms with Gasteiger partial charge in [0.05, 0.1) is 23.3 Å². The maximum Gasteiger partial charge on any atom is 0.267 e. The second-order valence-electron chi connectivity index (χ2n) is 5.76. The van der Waals surface area contributed by atoms with E-state index in [1.54, 1.807) is 48.5 Å². The summed E-state index contributed by atoms with van der Waals surface area (Å²) < 4.78 is 12.0. The lowest BCUT2D eigenvalue weighted by molar-refractivity contribution is 0.00378. The average Bonchev–Trinajstić information content (AvgIpc) is 2.68. The van der Waals surface area contributed by atoms with Crippen LogP contribution in [-0.2, 0) is 0 Å². The number of benzene rings is 3. The normalized spacial score (nSPS) is 10.0. The lowest BCUT2D eigenvalue weighted by atomic mass is 10.1. The second kappa shape index (κ2) is 7.88. The van der Waals surface area contributed by atoms with Crippen LogP contribution < -0.4 is 9.47 Å². The van der Waals surface area contributed by atoms with Crippen molar-refractivity contribution in [2.75, 3.05) is 0 Å². The summed E-state index contributed by atoms with van der Waals surface area (Å²) in [6.45, 7) is 2.01. The molecule has 0 aliphatic rings. The Labute approximate surface area is 152 Å². The van der Waals surface area contributed by atoms with Gasteiger partial charge in [0.2, 0.25) is 0 Å². The summed E-state index contributed by atoms with van der Waals surface area (Å²) in [7, 11) is 0. The van der Waals surface area contributed by atoms with Gasteiger partial charge in [-0.05, 0) is 43.3 Å². The Morgan fingerprint density at radius 3 is 1.69 bits per heavy atom. The van der Waals surface area contributed by atoms with E-state index in [9.17, 15) is 0 Å². The molecule has 4 heteroatoms. The predicted octanol–water partition coefficient (Wildman–Crippen LogP) is 4.89. The average molecular weight is 340 g/mol. The second-order valence-corrected chi connectivity index (χ2v) is 5.76. The van der Waals surface area contributed by atoms with Gasteiger partial charge in [0.15, 0.2) is 0 Å². The van der Waals surface area contributed by atoms with E-state index in [1.165, 1.54) is 0 Å². The first-order valence-corrected chi connectivity index (χ1v) is 8.08. The minimum atomic E-state index is -0.710. The molecular weight excluding hydrogens is 324 g/mol. The molecule has 0 saturated heterocycles. The molecule has 0 heterocycles. The van der Waals surface area contributed by atoms with Gasteiger partial charge < -0.3 is 9.47 Å². The predicted molar refractivity (Wildman–Crippen MR) is 97.5 cm³/mol. The molecular formula is C22H16N2O2. The fourth-order valence-corrected chi connectivity index (χ4v) is 2.41. The minimum absolute atomic E-state index is 0.511. The quantitative estimate of drug-likeness (QED) is 0.620. The molecule has 4 nitrogen and oxygen atoms in total. The molecule has 3 aromatic carbocycles. The van der Waals surface area contributed by atoms with Crippen LogP contribution in [0.1, 0.15) is 28.5 Å². The van der Waals surface area contributed by atoms with Crippen LogP contribution in [0.2, 0.25) is 0 Å². The van der Waals surface area contributed by atoms with E-state index in [-0.39, 0.29) is 0 Å². The molecule has 0 unspecified atom stereocenters. The zero-order chi connectivity index (χ0) is 18.4. The largest absolute Gasteiger partial charge is 0.451 e. The monoisotopic (exact) mass is 340 g/mol. The standard InChI is InChI=1S/C22H16N2O2/c1-16-8-10-19(11-9-16)22(25-20-6-2-4-17(12-20)14-23)26-21-7-3-5-18(13-21)15-24/h2-13,22H,1H3. The molecule has 26 heavy (non-hydrogen) atoms. The maximum absolute atomic E-state index is 9.07. The summed E-state index contributed by atoms with van der Waals surface area (Å²) in [5, 5.41) is 18.1. The number of ether oxygens (including phenoxy) is 2. The van der Waals surface area contributed by atoms with Crippen LogP contribution in [0.3, 0.4) is 0 Å². The van der Waals surface area contributed by atoms with Gasteiger partial charge in [-0.3, -0.25) is 0 Å². The molecule has 0 fully saturated rings. The van der Waals surface area contributed by atoms with E-state index < -0.39 is 6.29 Å². The van der Waals surface area contributed by atoms with Crippen LogP contribution in [0.15, 0.2) is 72.8 Å². The number of hydrogen-bond acceptors (Lipinski definition) is 4. The van der Waals surface area contributed by atoms with Gasteiger partial charge in [0.25, 0.3) is 6.29 Å². The Morgan fingerprint density at radius 1 is 0.731 bits per heavy atom. The van der Waals surface area contributed by atoms with Gasteiger partial charge in [-0.25, -0.2) is 0 Å². The van der Waals surface area contributed by atoms with Crippen molar-refractivity contribution >= 4 is 0 Å². The zero-order valence-corrected chi connectivity index (χ0v) is 14.2. The summed E-state index contributed by atoms with van der Waals surface area (Å²) >= 11 is 0. The van der Waals surface area contributed by atoms with Gasteiger partial charge in [0.1, 0.15) is 11.5 Å². The lowest BCUT2D eigenvalue weighted by Crippen LogP contribution is -2.15. The molecule has 0 spiro atoms. The fourth-order valence-electron chi connectivity index (χ4n) is 2.41. The van der Waals surface area contributed by atoms with Crippen LogP contribution in [-0.4, -0.2) is 0 Å². The molecule has 0 bridgehead atoms. The first kappa shape index (κ1) is 17.1. The van der Waals surface area contributed by atoms with Crippen LogP contribution in [0.4, 0.5) is 0 Å². The van der Waals surface area contributed by atoms with Gasteiger partial charge in [-0.1, -0.05) is 42.0 Å². The third-order valence-corrected chi connectivity index (χ3v) is 3.76. The van der Waals surface area contributed by atoms with E-state index in [2.05, 4.69) is 12.1 Å². The van der Waals surface area contributed by atoms with E-state index in [1.807, 2.05) is 31.2 Å². The number of hydrogen-bond donors (Lipinski definition) is 0. The molecule has 0 aliphatic heterocycles. The number of nitrogens with zero attached hydrogens (tertiary/aromatic N) is 2. The summed E-state index contributed by atoms with van der Waals surface area (Å²) in [5.41, 5.74) is 2.99. The highest BCUT2D eigenvalue weighted by molar-refractivity contribution is 5.38. The summed E-state index contributed by atoms with van der Waals surface area (Å²) in [6.07, 6.45) is -0.710. The molecule has 0 atom stereocenters. The van der Waals surface area contributed by atoms with E-state index >= 15 is 0 Å². The minimum Gasteiger partial charge on any atom is -0.451 e. The van der Waals surface area contributed by atoms with Crippen molar-refractivity contribution in [2.45, 2.75) is 13.2 Å². The third kappa shape index (κ3) is 4.20. The third-order valence-electron chi connectivity index (χ3n) is 3.76. The molecule has 0 aliphatic carbocycles. The van der Waals surface area contributed by atoms with Gasteiger partial charge in [-0.2, -0.15) is 10.5 Å². The van der Waals surface area contributed by atoms with Crippen LogP contribution in [0.25, 0.3) is 0 Å². The highest BCUT2D eigenvalue weighted by Gasteiger charge is 2.16. The van der Waals surface area contributed by atoms with E-state index in [4.69, 9.17) is 20.0 Å². The Balaban J connectivity index is 1.92. The van der Waals surface area contributed by atoms with Crippen molar-refractivity contribution in [1.82, 2.24) is 0 Å². The van der Waals surface area contributed by atoms with Crippen molar-refractivity contribution in [3.05, 3.63) is 95.1 Å². The molecule has 0 N–H and O–H groups in total. The molecule has 126 valence electrons. The Morgan fingerprint density at radius 2 is 1.23 bits per heavy atom. The number of nitriles is 2. The van der Waals surface area contributed by atoms with Gasteiger partial charge >= 0.3 is 0 Å². The Kier molecular flexibility index (Phi) is 5.17. The lowest BCUT2D eigenvalue weighted by Gasteiger charge is -2.21. The SMILES string of the molecule is Cc1ccc(C(Oc2cccc(C#N)c2)Oc2cccc(C#N)c2)cc1.